The Hall–Kier alpha value is -2.73. The minimum absolute atomic E-state index is 0.650. The number of fused-ring (bicyclic) bond motifs is 1. The first-order valence-electron chi connectivity index (χ1n) is 7.72. The number of rotatable bonds is 3. The molecule has 23 heavy (non-hydrogen) atoms. The van der Waals surface area contributed by atoms with Crippen LogP contribution in [0.3, 0.4) is 0 Å². The van der Waals surface area contributed by atoms with Crippen molar-refractivity contribution in [2.45, 2.75) is 19.9 Å². The van der Waals surface area contributed by atoms with E-state index in [2.05, 4.69) is 37.7 Å². The Morgan fingerprint density at radius 3 is 2.83 bits per heavy atom. The Labute approximate surface area is 134 Å². The summed E-state index contributed by atoms with van der Waals surface area (Å²) in [7, 11) is 0. The van der Waals surface area contributed by atoms with E-state index in [0.717, 1.165) is 42.4 Å². The van der Waals surface area contributed by atoms with Crippen molar-refractivity contribution in [1.82, 2.24) is 24.8 Å². The van der Waals surface area contributed by atoms with E-state index in [1.807, 2.05) is 36.0 Å². The van der Waals surface area contributed by atoms with Gasteiger partial charge in [-0.25, -0.2) is 15.0 Å². The van der Waals surface area contributed by atoms with Crippen LogP contribution in [-0.2, 0) is 13.0 Å². The van der Waals surface area contributed by atoms with E-state index in [9.17, 15) is 0 Å². The van der Waals surface area contributed by atoms with Gasteiger partial charge in [0.2, 0.25) is 5.95 Å². The van der Waals surface area contributed by atoms with Gasteiger partial charge in [0.25, 0.3) is 0 Å². The molecule has 1 aromatic carbocycles. The Kier molecular flexibility index (Phi) is 3.51. The fourth-order valence-corrected chi connectivity index (χ4v) is 2.78. The van der Waals surface area contributed by atoms with Crippen LogP contribution in [-0.4, -0.2) is 26.1 Å². The maximum Gasteiger partial charge on any atom is 0.227 e. The molecule has 3 aromatic rings. The van der Waals surface area contributed by atoms with E-state index in [1.54, 1.807) is 6.20 Å². The Morgan fingerprint density at radius 2 is 2.04 bits per heavy atom. The minimum atomic E-state index is 0.650. The molecular formula is C17H18N6. The van der Waals surface area contributed by atoms with Crippen LogP contribution in [0.1, 0.15) is 17.1 Å². The van der Waals surface area contributed by atoms with Crippen LogP contribution in [0.4, 0.5) is 11.6 Å². The van der Waals surface area contributed by atoms with Crippen LogP contribution in [0.5, 0.6) is 0 Å². The van der Waals surface area contributed by atoms with Gasteiger partial charge in [0, 0.05) is 55.0 Å². The molecule has 116 valence electrons. The monoisotopic (exact) mass is 306 g/mol. The van der Waals surface area contributed by atoms with Gasteiger partial charge < -0.3 is 15.2 Å². The minimum Gasteiger partial charge on any atom is -0.324 e. The molecular weight excluding hydrogens is 288 g/mol. The van der Waals surface area contributed by atoms with Crippen LogP contribution < -0.4 is 10.6 Å². The van der Waals surface area contributed by atoms with Crippen molar-refractivity contribution in [2.24, 2.45) is 0 Å². The smallest absolute Gasteiger partial charge is 0.227 e. The van der Waals surface area contributed by atoms with Gasteiger partial charge in [0.15, 0.2) is 0 Å². The van der Waals surface area contributed by atoms with Gasteiger partial charge in [-0.05, 0) is 31.2 Å². The third kappa shape index (κ3) is 2.80. The van der Waals surface area contributed by atoms with Crippen molar-refractivity contribution < 1.29 is 0 Å². The van der Waals surface area contributed by atoms with Crippen molar-refractivity contribution in [3.05, 3.63) is 59.9 Å². The second-order valence-electron chi connectivity index (χ2n) is 5.61. The summed E-state index contributed by atoms with van der Waals surface area (Å²) in [4.78, 5) is 13.3. The zero-order chi connectivity index (χ0) is 15.6. The van der Waals surface area contributed by atoms with E-state index in [4.69, 9.17) is 0 Å². The molecule has 0 saturated carbocycles. The predicted octanol–water partition coefficient (Wildman–Crippen LogP) is 2.36. The molecule has 2 N–H and O–H groups in total. The standard InChI is InChI=1S/C17H18N6/c1-12-19-8-9-23(12)15-4-2-14(3-5-15)21-17-20-11-13-10-18-7-6-16(13)22-17/h2-5,8-9,11,18H,6-7,10H2,1H3,(H,20,21,22). The predicted molar refractivity (Wildman–Crippen MR) is 89.0 cm³/mol. The highest BCUT2D eigenvalue weighted by molar-refractivity contribution is 5.56. The van der Waals surface area contributed by atoms with E-state index < -0.39 is 0 Å². The molecule has 0 amide bonds. The molecule has 0 atom stereocenters. The Bertz CT molecular complexity index is 821. The molecule has 4 rings (SSSR count). The topological polar surface area (TPSA) is 67.7 Å². The largest absolute Gasteiger partial charge is 0.324 e. The summed E-state index contributed by atoms with van der Waals surface area (Å²) in [5.74, 6) is 1.62. The molecule has 6 heteroatoms. The first-order valence-corrected chi connectivity index (χ1v) is 7.72. The van der Waals surface area contributed by atoms with Gasteiger partial charge in [-0.3, -0.25) is 0 Å². The molecule has 1 aliphatic heterocycles. The van der Waals surface area contributed by atoms with Crippen molar-refractivity contribution in [3.8, 4) is 5.69 Å². The fourth-order valence-electron chi connectivity index (χ4n) is 2.78. The summed E-state index contributed by atoms with van der Waals surface area (Å²) in [6.45, 7) is 3.82. The zero-order valence-corrected chi connectivity index (χ0v) is 13.0. The highest BCUT2D eigenvalue weighted by Crippen LogP contribution is 2.19. The molecule has 0 radical (unpaired) electrons. The van der Waals surface area contributed by atoms with Gasteiger partial charge in [0.05, 0.1) is 5.69 Å². The third-order valence-electron chi connectivity index (χ3n) is 4.04. The van der Waals surface area contributed by atoms with Crippen LogP contribution in [0.15, 0.2) is 42.9 Å². The number of benzene rings is 1. The molecule has 1 aliphatic rings. The summed E-state index contributed by atoms with van der Waals surface area (Å²) in [5.41, 5.74) is 4.38. The second-order valence-corrected chi connectivity index (χ2v) is 5.61. The van der Waals surface area contributed by atoms with Crippen molar-refractivity contribution in [3.63, 3.8) is 0 Å². The van der Waals surface area contributed by atoms with Crippen molar-refractivity contribution in [1.29, 1.82) is 0 Å². The van der Waals surface area contributed by atoms with E-state index in [-0.39, 0.29) is 0 Å². The van der Waals surface area contributed by atoms with Gasteiger partial charge in [-0.15, -0.1) is 0 Å². The number of hydrogen-bond acceptors (Lipinski definition) is 5. The van der Waals surface area contributed by atoms with Gasteiger partial charge in [0.1, 0.15) is 5.82 Å². The Balaban J connectivity index is 1.54. The fraction of sp³-hybridized carbons (Fsp3) is 0.235. The van der Waals surface area contributed by atoms with Gasteiger partial charge >= 0.3 is 0 Å². The molecule has 3 heterocycles. The Morgan fingerprint density at radius 1 is 1.17 bits per heavy atom. The van der Waals surface area contributed by atoms with Crippen LogP contribution in [0, 0.1) is 6.92 Å². The van der Waals surface area contributed by atoms with Gasteiger partial charge in [-0.2, -0.15) is 0 Å². The lowest BCUT2D eigenvalue weighted by Gasteiger charge is -2.16. The average molecular weight is 306 g/mol. The molecule has 0 spiro atoms. The maximum atomic E-state index is 4.62. The van der Waals surface area contributed by atoms with Crippen LogP contribution in [0.2, 0.25) is 0 Å². The molecule has 0 fully saturated rings. The number of nitrogens with one attached hydrogen (secondary N) is 2. The maximum absolute atomic E-state index is 4.62. The van der Waals surface area contributed by atoms with Crippen molar-refractivity contribution >= 4 is 11.6 Å². The molecule has 0 unspecified atom stereocenters. The number of nitrogens with zero attached hydrogens (tertiary/aromatic N) is 4. The summed E-state index contributed by atoms with van der Waals surface area (Å²) >= 11 is 0. The zero-order valence-electron chi connectivity index (χ0n) is 13.0. The normalized spacial score (nSPS) is 13.6. The van der Waals surface area contributed by atoms with E-state index >= 15 is 0 Å². The molecule has 0 saturated heterocycles. The lowest BCUT2D eigenvalue weighted by Crippen LogP contribution is -2.25. The highest BCUT2D eigenvalue weighted by Gasteiger charge is 2.11. The lowest BCUT2D eigenvalue weighted by molar-refractivity contribution is 0.627. The average Bonchev–Trinajstić information content (AvgIpc) is 3.02. The summed E-state index contributed by atoms with van der Waals surface area (Å²) in [5, 5.41) is 6.60. The molecule has 0 aliphatic carbocycles. The number of hydrogen-bond donors (Lipinski definition) is 2. The molecule has 0 bridgehead atoms. The van der Waals surface area contributed by atoms with Gasteiger partial charge in [-0.1, -0.05) is 0 Å². The number of aryl methyl sites for hydroxylation is 1. The summed E-state index contributed by atoms with van der Waals surface area (Å²) in [6, 6.07) is 8.16. The van der Waals surface area contributed by atoms with E-state index in [0.29, 0.717) is 5.95 Å². The number of imidazole rings is 1. The molecule has 6 nitrogen and oxygen atoms in total. The first-order chi connectivity index (χ1) is 11.3. The first kappa shape index (κ1) is 13.9. The highest BCUT2D eigenvalue weighted by atomic mass is 15.1. The van der Waals surface area contributed by atoms with E-state index in [1.165, 1.54) is 5.56 Å². The number of aromatic nitrogens is 4. The second kappa shape index (κ2) is 5.81. The summed E-state index contributed by atoms with van der Waals surface area (Å²) in [6.07, 6.45) is 6.61. The van der Waals surface area contributed by atoms with Crippen molar-refractivity contribution in [2.75, 3.05) is 11.9 Å². The van der Waals surface area contributed by atoms with Crippen LogP contribution in [0.25, 0.3) is 5.69 Å². The quantitative estimate of drug-likeness (QED) is 0.777. The molecule has 2 aromatic heterocycles. The third-order valence-corrected chi connectivity index (χ3v) is 4.04. The number of anilines is 2. The SMILES string of the molecule is Cc1nccn1-c1ccc(Nc2ncc3c(n2)CCNC3)cc1. The lowest BCUT2D eigenvalue weighted by atomic mass is 10.1. The summed E-state index contributed by atoms with van der Waals surface area (Å²) < 4.78 is 2.05. The van der Waals surface area contributed by atoms with Crippen LogP contribution >= 0.6 is 0 Å².